The number of amides is 2. The van der Waals surface area contributed by atoms with Crippen molar-refractivity contribution in [1.82, 2.24) is 0 Å². The standard InChI is InChI=1S/C26H21Cl3FNO6/c1-3-14(2)37-23-12-21(20(30)11-19(23)29)31(25(33)16-6-4-5-7-17(16)26(34)35)24(32)13-36-22-9-8-15(27)10-18(22)28/h1,8-12,14H,4-7,13H2,2H3,(H,34,35). The highest BCUT2D eigenvalue weighted by Gasteiger charge is 2.34. The molecule has 7 nitrogen and oxygen atoms in total. The molecule has 0 radical (unpaired) electrons. The molecule has 0 bridgehead atoms. The van der Waals surface area contributed by atoms with Crippen molar-refractivity contribution >= 4 is 58.3 Å². The van der Waals surface area contributed by atoms with Crippen molar-refractivity contribution in [2.24, 2.45) is 0 Å². The van der Waals surface area contributed by atoms with Gasteiger partial charge < -0.3 is 14.6 Å². The summed E-state index contributed by atoms with van der Waals surface area (Å²) in [4.78, 5) is 39.3. The Bertz CT molecular complexity index is 1320. The zero-order valence-corrected chi connectivity index (χ0v) is 21.8. The van der Waals surface area contributed by atoms with Crippen LogP contribution in [0.5, 0.6) is 11.5 Å². The number of imide groups is 1. The lowest BCUT2D eigenvalue weighted by Gasteiger charge is -2.26. The van der Waals surface area contributed by atoms with E-state index < -0.39 is 42.0 Å². The lowest BCUT2D eigenvalue weighted by molar-refractivity contribution is -0.134. The maximum atomic E-state index is 15.2. The fourth-order valence-electron chi connectivity index (χ4n) is 3.67. The second-order valence-electron chi connectivity index (χ2n) is 8.03. The lowest BCUT2D eigenvalue weighted by Crippen LogP contribution is -2.42. The number of hydrogen-bond acceptors (Lipinski definition) is 5. The Morgan fingerprint density at radius 3 is 2.35 bits per heavy atom. The fourth-order valence-corrected chi connectivity index (χ4v) is 4.33. The number of halogens is 4. The van der Waals surface area contributed by atoms with Crippen molar-refractivity contribution in [1.29, 1.82) is 0 Å². The summed E-state index contributed by atoms with van der Waals surface area (Å²) in [5, 5.41) is 9.92. The number of nitrogens with zero attached hydrogens (tertiary/aromatic N) is 1. The van der Waals surface area contributed by atoms with E-state index in [1.807, 2.05) is 0 Å². The summed E-state index contributed by atoms with van der Waals surface area (Å²) in [6, 6.07) is 6.23. The Balaban J connectivity index is 2.07. The topological polar surface area (TPSA) is 93.1 Å². The van der Waals surface area contributed by atoms with Gasteiger partial charge in [-0.3, -0.25) is 9.59 Å². The van der Waals surface area contributed by atoms with Gasteiger partial charge in [-0.05, 0) is 56.9 Å². The number of hydrogen-bond donors (Lipinski definition) is 1. The SMILES string of the molecule is C#CC(C)Oc1cc(N(C(=O)COc2ccc(Cl)cc2Cl)C(=O)C2=C(C(=O)O)CCCC2)c(F)cc1Cl. The predicted octanol–water partition coefficient (Wildman–Crippen LogP) is 6.08. The molecule has 1 unspecified atom stereocenters. The second kappa shape index (κ2) is 12.3. The molecule has 1 atom stereocenters. The Labute approximate surface area is 227 Å². The molecule has 0 saturated heterocycles. The minimum atomic E-state index is -1.29. The van der Waals surface area contributed by atoms with Gasteiger partial charge in [-0.2, -0.15) is 0 Å². The maximum absolute atomic E-state index is 15.2. The molecule has 0 saturated carbocycles. The van der Waals surface area contributed by atoms with Crippen LogP contribution in [0.15, 0.2) is 41.5 Å². The minimum absolute atomic E-state index is 0.0770. The van der Waals surface area contributed by atoms with E-state index in [0.29, 0.717) is 22.8 Å². The van der Waals surface area contributed by atoms with E-state index in [0.717, 1.165) is 12.1 Å². The van der Waals surface area contributed by atoms with Gasteiger partial charge in [-0.25, -0.2) is 14.1 Å². The highest BCUT2D eigenvalue weighted by atomic mass is 35.5. The molecule has 2 aromatic carbocycles. The van der Waals surface area contributed by atoms with Crippen molar-refractivity contribution < 1.29 is 33.4 Å². The molecule has 37 heavy (non-hydrogen) atoms. The largest absolute Gasteiger partial charge is 0.482 e. The Kier molecular flexibility index (Phi) is 9.44. The maximum Gasteiger partial charge on any atom is 0.332 e. The van der Waals surface area contributed by atoms with Gasteiger partial charge in [0.15, 0.2) is 12.7 Å². The average molecular weight is 569 g/mol. The third-order valence-corrected chi connectivity index (χ3v) is 6.29. The quantitative estimate of drug-likeness (QED) is 0.388. The average Bonchev–Trinajstić information content (AvgIpc) is 2.86. The van der Waals surface area contributed by atoms with Gasteiger partial charge in [0.05, 0.1) is 15.7 Å². The summed E-state index contributed by atoms with van der Waals surface area (Å²) in [6.07, 6.45) is 5.89. The molecule has 0 spiro atoms. The van der Waals surface area contributed by atoms with Crippen molar-refractivity contribution in [3.63, 3.8) is 0 Å². The third kappa shape index (κ3) is 6.75. The van der Waals surface area contributed by atoms with Crippen molar-refractivity contribution in [2.75, 3.05) is 11.5 Å². The molecule has 11 heteroatoms. The highest BCUT2D eigenvalue weighted by Crippen LogP contribution is 2.36. The van der Waals surface area contributed by atoms with Crippen LogP contribution in [-0.4, -0.2) is 35.6 Å². The number of benzene rings is 2. The number of aliphatic carboxylic acids is 1. The van der Waals surface area contributed by atoms with E-state index in [1.165, 1.54) is 18.2 Å². The van der Waals surface area contributed by atoms with E-state index in [1.54, 1.807) is 6.92 Å². The molecule has 3 rings (SSSR count). The summed E-state index contributed by atoms with van der Waals surface area (Å²) in [7, 11) is 0. The van der Waals surface area contributed by atoms with Gasteiger partial charge in [0.2, 0.25) is 0 Å². The van der Waals surface area contributed by atoms with Crippen molar-refractivity contribution in [3.8, 4) is 23.8 Å². The zero-order chi connectivity index (χ0) is 27.3. The molecule has 1 N–H and O–H groups in total. The molecule has 2 aromatic rings. The Morgan fingerprint density at radius 2 is 1.73 bits per heavy atom. The predicted molar refractivity (Wildman–Crippen MR) is 138 cm³/mol. The Morgan fingerprint density at radius 1 is 1.08 bits per heavy atom. The molecule has 0 aliphatic heterocycles. The van der Waals surface area contributed by atoms with Crippen LogP contribution in [0.4, 0.5) is 10.1 Å². The molecule has 194 valence electrons. The first-order chi connectivity index (χ1) is 17.5. The Hall–Kier alpha value is -3.25. The summed E-state index contributed by atoms with van der Waals surface area (Å²) in [5.74, 6) is -1.95. The number of ether oxygens (including phenoxy) is 2. The van der Waals surface area contributed by atoms with Crippen LogP contribution in [0.1, 0.15) is 32.6 Å². The van der Waals surface area contributed by atoms with Crippen LogP contribution in [-0.2, 0) is 14.4 Å². The van der Waals surface area contributed by atoms with E-state index in [9.17, 15) is 19.5 Å². The summed E-state index contributed by atoms with van der Waals surface area (Å²) in [6.45, 7) is 0.810. The highest BCUT2D eigenvalue weighted by molar-refractivity contribution is 6.35. The van der Waals surface area contributed by atoms with Crippen LogP contribution < -0.4 is 14.4 Å². The van der Waals surface area contributed by atoms with Crippen LogP contribution in [0.25, 0.3) is 0 Å². The summed E-state index contributed by atoms with van der Waals surface area (Å²) >= 11 is 18.1. The van der Waals surface area contributed by atoms with Crippen molar-refractivity contribution in [2.45, 2.75) is 38.7 Å². The molecular weight excluding hydrogens is 548 g/mol. The summed E-state index contributed by atoms with van der Waals surface area (Å²) < 4.78 is 26.2. The first-order valence-electron chi connectivity index (χ1n) is 11.1. The first-order valence-corrected chi connectivity index (χ1v) is 12.2. The molecule has 1 aliphatic carbocycles. The van der Waals surface area contributed by atoms with Gasteiger partial charge in [0.1, 0.15) is 17.3 Å². The molecule has 0 heterocycles. The minimum Gasteiger partial charge on any atom is -0.482 e. The molecule has 2 amide bonds. The number of terminal acetylenes is 1. The van der Waals surface area contributed by atoms with Gasteiger partial charge in [-0.1, -0.05) is 40.7 Å². The fraction of sp³-hybridized carbons (Fsp3) is 0.269. The normalized spacial score (nSPS) is 13.9. The number of anilines is 1. The van der Waals surface area contributed by atoms with Crippen LogP contribution in [0.2, 0.25) is 15.1 Å². The van der Waals surface area contributed by atoms with Crippen LogP contribution >= 0.6 is 34.8 Å². The first kappa shape index (κ1) is 28.3. The number of carboxylic acid groups (broad SMARTS) is 1. The molecule has 0 aromatic heterocycles. The van der Waals surface area contributed by atoms with Gasteiger partial charge in [0, 0.05) is 22.2 Å². The number of rotatable bonds is 8. The van der Waals surface area contributed by atoms with E-state index in [-0.39, 0.29) is 45.5 Å². The van der Waals surface area contributed by atoms with Gasteiger partial charge in [0.25, 0.3) is 11.8 Å². The smallest absolute Gasteiger partial charge is 0.332 e. The second-order valence-corrected chi connectivity index (χ2v) is 9.28. The number of carbonyl (C=O) groups is 3. The van der Waals surface area contributed by atoms with Gasteiger partial charge >= 0.3 is 5.97 Å². The summed E-state index contributed by atoms with van der Waals surface area (Å²) in [5.41, 5.74) is -0.750. The zero-order valence-electron chi connectivity index (χ0n) is 19.5. The van der Waals surface area contributed by atoms with E-state index in [4.69, 9.17) is 50.7 Å². The number of carboxylic acids is 1. The number of carbonyl (C=O) groups excluding carboxylic acids is 2. The van der Waals surface area contributed by atoms with Gasteiger partial charge in [-0.15, -0.1) is 6.42 Å². The van der Waals surface area contributed by atoms with Crippen molar-refractivity contribution in [3.05, 3.63) is 62.4 Å². The molecule has 1 aliphatic rings. The van der Waals surface area contributed by atoms with Crippen LogP contribution in [0.3, 0.4) is 0 Å². The van der Waals surface area contributed by atoms with E-state index in [2.05, 4.69) is 5.92 Å². The molecule has 0 fully saturated rings. The van der Waals surface area contributed by atoms with E-state index >= 15 is 4.39 Å². The monoisotopic (exact) mass is 567 g/mol. The van der Waals surface area contributed by atoms with Crippen LogP contribution in [0, 0.1) is 18.2 Å². The third-order valence-electron chi connectivity index (χ3n) is 5.46. The lowest BCUT2D eigenvalue weighted by atomic mass is 9.90. The molecular formula is C26H21Cl3FNO6.